The molecule has 6 nitrogen and oxygen atoms in total. The molecule has 0 spiro atoms. The lowest BCUT2D eigenvalue weighted by atomic mass is 10.2. The van der Waals surface area contributed by atoms with E-state index < -0.39 is 23.8 Å². The van der Waals surface area contributed by atoms with Gasteiger partial charge in [-0.3, -0.25) is 4.79 Å². The summed E-state index contributed by atoms with van der Waals surface area (Å²) in [5.74, 6) is -0.530. The Hall–Kier alpha value is -1.01. The summed E-state index contributed by atoms with van der Waals surface area (Å²) in [6.45, 7) is 5.09. The zero-order valence-corrected chi connectivity index (χ0v) is 10.9. The Morgan fingerprint density at radius 3 is 2.47 bits per heavy atom. The van der Waals surface area contributed by atoms with Crippen LogP contribution < -0.4 is 5.32 Å². The Labute approximate surface area is 105 Å². The maximum atomic E-state index is 11.3. The van der Waals surface area contributed by atoms with Gasteiger partial charge in [0.2, 0.25) is 0 Å². The van der Waals surface area contributed by atoms with E-state index in [2.05, 4.69) is 10.1 Å². The van der Waals surface area contributed by atoms with Gasteiger partial charge in [0.05, 0.1) is 12.5 Å². The Bertz CT molecular complexity index is 264. The van der Waals surface area contributed by atoms with E-state index >= 15 is 0 Å². The quantitative estimate of drug-likeness (QED) is 0.573. The van der Waals surface area contributed by atoms with E-state index in [1.807, 2.05) is 0 Å². The number of alkyl carbamates (subject to hydrolysis) is 1. The van der Waals surface area contributed by atoms with E-state index in [1.54, 1.807) is 20.8 Å². The van der Waals surface area contributed by atoms with Crippen LogP contribution in [0.4, 0.5) is 4.79 Å². The number of esters is 1. The van der Waals surface area contributed by atoms with Crippen molar-refractivity contribution in [3.05, 3.63) is 0 Å². The fourth-order valence-corrected chi connectivity index (χ4v) is 1.05. The molecule has 0 saturated carbocycles. The van der Waals surface area contributed by atoms with Crippen LogP contribution in [0, 0.1) is 0 Å². The van der Waals surface area contributed by atoms with Crippen LogP contribution in [-0.4, -0.2) is 41.5 Å². The Kier molecular flexibility index (Phi) is 6.91. The standard InChI is InChI=1S/C10H18ClNO5/c1-10(2,3)17-8(14)4-7(13)5-12-9(15)16-6-11/h7,13H,4-6H2,1-3H3,(H,12,15)/t7-/m0/s1. The van der Waals surface area contributed by atoms with Gasteiger partial charge in [-0.1, -0.05) is 11.6 Å². The SMILES string of the molecule is CC(C)(C)OC(=O)C[C@H](O)CNC(=O)OCCl. The molecule has 0 aliphatic carbocycles. The van der Waals surface area contributed by atoms with E-state index in [9.17, 15) is 14.7 Å². The predicted octanol–water partition coefficient (Wildman–Crippen LogP) is 1.00. The average Bonchev–Trinajstić information content (AvgIpc) is 2.12. The Balaban J connectivity index is 3.82. The highest BCUT2D eigenvalue weighted by atomic mass is 35.5. The minimum absolute atomic E-state index is 0.102. The van der Waals surface area contributed by atoms with Crippen molar-refractivity contribution in [3.63, 3.8) is 0 Å². The molecule has 2 N–H and O–H groups in total. The molecule has 0 aromatic rings. The van der Waals surface area contributed by atoms with Gasteiger partial charge in [-0.25, -0.2) is 4.79 Å². The van der Waals surface area contributed by atoms with Crippen molar-refractivity contribution in [2.24, 2.45) is 0 Å². The van der Waals surface area contributed by atoms with Gasteiger partial charge in [-0.2, -0.15) is 0 Å². The van der Waals surface area contributed by atoms with E-state index in [1.165, 1.54) is 0 Å². The predicted molar refractivity (Wildman–Crippen MR) is 61.7 cm³/mol. The number of ether oxygens (including phenoxy) is 2. The number of carbonyl (C=O) groups is 2. The van der Waals surface area contributed by atoms with Gasteiger partial charge < -0.3 is 19.9 Å². The van der Waals surface area contributed by atoms with Gasteiger partial charge in [0.1, 0.15) is 5.60 Å². The van der Waals surface area contributed by atoms with Gasteiger partial charge in [0.15, 0.2) is 6.07 Å². The average molecular weight is 268 g/mol. The summed E-state index contributed by atoms with van der Waals surface area (Å²) < 4.78 is 9.36. The van der Waals surface area contributed by atoms with Gasteiger partial charge in [-0.05, 0) is 20.8 Å². The van der Waals surface area contributed by atoms with E-state index in [4.69, 9.17) is 16.3 Å². The summed E-state index contributed by atoms with van der Waals surface area (Å²) in [5.41, 5.74) is -0.595. The second-order valence-electron chi connectivity index (χ2n) is 4.37. The molecule has 7 heteroatoms. The second kappa shape index (κ2) is 7.34. The van der Waals surface area contributed by atoms with Crippen molar-refractivity contribution in [1.82, 2.24) is 5.32 Å². The number of aliphatic hydroxyl groups excluding tert-OH is 1. The summed E-state index contributed by atoms with van der Waals surface area (Å²) in [4.78, 5) is 22.1. The number of alkyl halides is 1. The number of hydrogen-bond acceptors (Lipinski definition) is 5. The van der Waals surface area contributed by atoms with Crippen molar-refractivity contribution in [2.75, 3.05) is 12.6 Å². The van der Waals surface area contributed by atoms with Crippen LogP contribution in [-0.2, 0) is 14.3 Å². The van der Waals surface area contributed by atoms with Crippen molar-refractivity contribution in [2.45, 2.75) is 38.9 Å². The molecule has 0 rings (SSSR count). The minimum Gasteiger partial charge on any atom is -0.460 e. The molecule has 0 heterocycles. The monoisotopic (exact) mass is 267 g/mol. The van der Waals surface area contributed by atoms with Crippen LogP contribution >= 0.6 is 11.6 Å². The van der Waals surface area contributed by atoms with Crippen LogP contribution in [0.25, 0.3) is 0 Å². The van der Waals surface area contributed by atoms with Crippen molar-refractivity contribution >= 4 is 23.7 Å². The number of rotatable bonds is 5. The molecule has 0 aliphatic heterocycles. The minimum atomic E-state index is -1.02. The molecule has 0 aromatic heterocycles. The molecule has 0 saturated heterocycles. The number of hydrogen-bond donors (Lipinski definition) is 2. The van der Waals surface area contributed by atoms with Crippen molar-refractivity contribution in [3.8, 4) is 0 Å². The number of halogens is 1. The molecule has 0 aliphatic rings. The first kappa shape index (κ1) is 16.0. The lowest BCUT2D eigenvalue weighted by Crippen LogP contribution is -2.35. The first-order valence-electron chi connectivity index (χ1n) is 5.11. The van der Waals surface area contributed by atoms with E-state index in [0.29, 0.717) is 0 Å². The number of nitrogens with one attached hydrogen (secondary N) is 1. The molecule has 17 heavy (non-hydrogen) atoms. The lowest BCUT2D eigenvalue weighted by molar-refractivity contribution is -0.156. The third-order valence-electron chi connectivity index (χ3n) is 1.49. The highest BCUT2D eigenvalue weighted by Gasteiger charge is 2.19. The van der Waals surface area contributed by atoms with E-state index in [0.717, 1.165) is 0 Å². The Morgan fingerprint density at radius 1 is 1.41 bits per heavy atom. The highest BCUT2D eigenvalue weighted by molar-refractivity contribution is 6.17. The van der Waals surface area contributed by atoms with Crippen LogP contribution in [0.1, 0.15) is 27.2 Å². The van der Waals surface area contributed by atoms with Crippen molar-refractivity contribution < 1.29 is 24.2 Å². The summed E-state index contributed by atoms with van der Waals surface area (Å²) in [6.07, 6.45) is -1.96. The van der Waals surface area contributed by atoms with Crippen molar-refractivity contribution in [1.29, 1.82) is 0 Å². The summed E-state index contributed by atoms with van der Waals surface area (Å²) in [5, 5.41) is 11.7. The molecular weight excluding hydrogens is 250 g/mol. The molecule has 1 atom stereocenters. The van der Waals surface area contributed by atoms with Crippen LogP contribution in [0.2, 0.25) is 0 Å². The molecule has 0 bridgehead atoms. The first-order valence-corrected chi connectivity index (χ1v) is 5.64. The largest absolute Gasteiger partial charge is 0.460 e. The molecule has 1 amide bonds. The smallest absolute Gasteiger partial charge is 0.408 e. The van der Waals surface area contributed by atoms with Crippen LogP contribution in [0.5, 0.6) is 0 Å². The second-order valence-corrected chi connectivity index (χ2v) is 4.58. The van der Waals surface area contributed by atoms with Gasteiger partial charge in [0.25, 0.3) is 0 Å². The summed E-state index contributed by atoms with van der Waals surface area (Å²) in [6, 6.07) is -0.270. The maximum absolute atomic E-state index is 11.3. The van der Waals surface area contributed by atoms with E-state index in [-0.39, 0.29) is 19.0 Å². The lowest BCUT2D eigenvalue weighted by Gasteiger charge is -2.20. The number of aliphatic hydroxyl groups is 1. The van der Waals surface area contributed by atoms with Gasteiger partial charge in [0, 0.05) is 6.54 Å². The molecule has 0 fully saturated rings. The molecule has 0 aromatic carbocycles. The molecular formula is C10H18ClNO5. The fraction of sp³-hybridized carbons (Fsp3) is 0.800. The zero-order chi connectivity index (χ0) is 13.5. The molecule has 0 unspecified atom stereocenters. The maximum Gasteiger partial charge on any atom is 0.408 e. The number of amides is 1. The van der Waals surface area contributed by atoms with Gasteiger partial charge in [-0.15, -0.1) is 0 Å². The van der Waals surface area contributed by atoms with Crippen LogP contribution in [0.3, 0.4) is 0 Å². The third-order valence-corrected chi connectivity index (χ3v) is 1.60. The Morgan fingerprint density at radius 2 is 2.00 bits per heavy atom. The summed E-state index contributed by atoms with van der Waals surface area (Å²) >= 11 is 5.15. The highest BCUT2D eigenvalue weighted by Crippen LogP contribution is 2.09. The fourth-order valence-electron chi connectivity index (χ4n) is 0.949. The number of carbonyl (C=O) groups excluding carboxylic acids is 2. The topological polar surface area (TPSA) is 84.9 Å². The third kappa shape index (κ3) is 9.89. The first-order chi connectivity index (χ1) is 7.74. The van der Waals surface area contributed by atoms with Gasteiger partial charge >= 0.3 is 12.1 Å². The molecule has 100 valence electrons. The van der Waals surface area contributed by atoms with Crippen LogP contribution in [0.15, 0.2) is 0 Å². The normalized spacial score (nSPS) is 12.8. The zero-order valence-electron chi connectivity index (χ0n) is 10.2. The molecule has 0 radical (unpaired) electrons. The summed E-state index contributed by atoms with van der Waals surface area (Å²) in [7, 11) is 0.